The number of aliphatic hydroxyl groups is 4. The number of aliphatic hydroxyl groups excluding tert-OH is 4. The molecule has 1 saturated heterocycles. The number of hydrogen-bond acceptors (Lipinski definition) is 10. The third kappa shape index (κ3) is 14.7. The average Bonchev–Trinajstić information content (AvgIpc) is 2.91. The Labute approximate surface area is 228 Å². The van der Waals surface area contributed by atoms with Crippen LogP contribution in [0.5, 0.6) is 0 Å². The molecule has 0 aliphatic carbocycles. The molecule has 10 heteroatoms. The van der Waals surface area contributed by atoms with Crippen LogP contribution < -0.4 is 0 Å². The van der Waals surface area contributed by atoms with E-state index in [0.717, 1.165) is 44.9 Å². The second-order valence-corrected chi connectivity index (χ2v) is 10.2. The predicted molar refractivity (Wildman–Crippen MR) is 141 cm³/mol. The highest BCUT2D eigenvalue weighted by Crippen LogP contribution is 2.22. The molecule has 1 fully saturated rings. The van der Waals surface area contributed by atoms with Crippen LogP contribution in [0.4, 0.5) is 0 Å². The SMILES string of the molecule is CCCCCCCCCCCC(=O)O[C@H](COC(=O)CCCCCC)CO[C@@H]1O[C@H](CO)[C@H](O)[C@H](O)[C@H]1O. The number of unbranched alkanes of at least 4 members (excludes halogenated alkanes) is 11. The molecule has 0 spiro atoms. The molecule has 0 bridgehead atoms. The third-order valence-corrected chi connectivity index (χ3v) is 6.74. The van der Waals surface area contributed by atoms with Crippen molar-refractivity contribution in [1.29, 1.82) is 0 Å². The topological polar surface area (TPSA) is 152 Å². The first-order valence-electron chi connectivity index (χ1n) is 14.6. The molecule has 10 nitrogen and oxygen atoms in total. The van der Waals surface area contributed by atoms with Gasteiger partial charge in [0, 0.05) is 12.8 Å². The van der Waals surface area contributed by atoms with E-state index in [1.54, 1.807) is 0 Å². The summed E-state index contributed by atoms with van der Waals surface area (Å²) >= 11 is 0. The van der Waals surface area contributed by atoms with E-state index in [9.17, 15) is 30.0 Å². The van der Waals surface area contributed by atoms with Crippen LogP contribution in [0.25, 0.3) is 0 Å². The minimum atomic E-state index is -1.58. The van der Waals surface area contributed by atoms with E-state index < -0.39 is 55.4 Å². The van der Waals surface area contributed by atoms with Gasteiger partial charge in [-0.2, -0.15) is 0 Å². The summed E-state index contributed by atoms with van der Waals surface area (Å²) in [6, 6.07) is 0. The van der Waals surface area contributed by atoms with Crippen LogP contribution in [0.1, 0.15) is 110 Å². The lowest BCUT2D eigenvalue weighted by Gasteiger charge is -2.39. The average molecular weight is 549 g/mol. The minimum Gasteiger partial charge on any atom is -0.462 e. The van der Waals surface area contributed by atoms with Gasteiger partial charge in [0.25, 0.3) is 0 Å². The lowest BCUT2D eigenvalue weighted by atomic mass is 9.99. The third-order valence-electron chi connectivity index (χ3n) is 6.74. The lowest BCUT2D eigenvalue weighted by Crippen LogP contribution is -2.59. The fourth-order valence-electron chi connectivity index (χ4n) is 4.30. The van der Waals surface area contributed by atoms with Crippen LogP contribution in [-0.4, -0.2) is 89.0 Å². The van der Waals surface area contributed by atoms with E-state index in [-0.39, 0.29) is 26.1 Å². The van der Waals surface area contributed by atoms with Crippen molar-refractivity contribution in [3.63, 3.8) is 0 Å². The van der Waals surface area contributed by atoms with Crippen molar-refractivity contribution < 1.29 is 49.0 Å². The van der Waals surface area contributed by atoms with Crippen LogP contribution in [0, 0.1) is 0 Å². The molecule has 0 aromatic carbocycles. The Morgan fingerprint density at radius 1 is 0.711 bits per heavy atom. The maximum atomic E-state index is 12.5. The highest BCUT2D eigenvalue weighted by molar-refractivity contribution is 5.70. The highest BCUT2D eigenvalue weighted by Gasteiger charge is 2.44. The van der Waals surface area contributed by atoms with Gasteiger partial charge in [0.2, 0.25) is 0 Å². The molecule has 0 amide bonds. The summed E-state index contributed by atoms with van der Waals surface area (Å²) in [5.74, 6) is -0.830. The summed E-state index contributed by atoms with van der Waals surface area (Å²) in [4.78, 5) is 24.6. The maximum Gasteiger partial charge on any atom is 0.306 e. The number of carbonyl (C=O) groups is 2. The van der Waals surface area contributed by atoms with Gasteiger partial charge in [0.05, 0.1) is 13.2 Å². The summed E-state index contributed by atoms with van der Waals surface area (Å²) in [7, 11) is 0. The monoisotopic (exact) mass is 548 g/mol. The number of rotatable bonds is 22. The van der Waals surface area contributed by atoms with E-state index >= 15 is 0 Å². The van der Waals surface area contributed by atoms with Crippen molar-refractivity contribution in [2.45, 2.75) is 147 Å². The van der Waals surface area contributed by atoms with Crippen molar-refractivity contribution in [3.8, 4) is 0 Å². The smallest absolute Gasteiger partial charge is 0.306 e. The fourth-order valence-corrected chi connectivity index (χ4v) is 4.30. The summed E-state index contributed by atoms with van der Waals surface area (Å²) in [6.45, 7) is 3.21. The van der Waals surface area contributed by atoms with Gasteiger partial charge in [-0.1, -0.05) is 84.5 Å². The molecule has 1 rings (SSSR count). The van der Waals surface area contributed by atoms with E-state index in [0.29, 0.717) is 6.42 Å². The molecule has 6 atom stereocenters. The largest absolute Gasteiger partial charge is 0.462 e. The summed E-state index contributed by atoms with van der Waals surface area (Å²) in [5, 5.41) is 39.4. The molecule has 0 saturated carbocycles. The zero-order chi connectivity index (χ0) is 28.2. The van der Waals surface area contributed by atoms with Crippen molar-refractivity contribution >= 4 is 11.9 Å². The number of carbonyl (C=O) groups excluding carboxylic acids is 2. The van der Waals surface area contributed by atoms with E-state index in [1.807, 2.05) is 0 Å². The normalized spacial score (nSPS) is 24.2. The van der Waals surface area contributed by atoms with Crippen molar-refractivity contribution in [2.75, 3.05) is 19.8 Å². The van der Waals surface area contributed by atoms with E-state index in [2.05, 4.69) is 13.8 Å². The Hall–Kier alpha value is -1.30. The van der Waals surface area contributed by atoms with Crippen molar-refractivity contribution in [2.24, 2.45) is 0 Å². The summed E-state index contributed by atoms with van der Waals surface area (Å²) in [5.41, 5.74) is 0. The summed E-state index contributed by atoms with van der Waals surface area (Å²) < 4.78 is 21.7. The number of esters is 2. The minimum absolute atomic E-state index is 0.215. The van der Waals surface area contributed by atoms with E-state index in [4.69, 9.17) is 18.9 Å². The molecule has 1 aliphatic rings. The molecule has 1 aliphatic heterocycles. The van der Waals surface area contributed by atoms with Crippen LogP contribution in [0.15, 0.2) is 0 Å². The molecule has 38 heavy (non-hydrogen) atoms. The number of ether oxygens (including phenoxy) is 4. The Kier molecular flexibility index (Phi) is 19.7. The van der Waals surface area contributed by atoms with Gasteiger partial charge in [0.1, 0.15) is 31.0 Å². The van der Waals surface area contributed by atoms with Gasteiger partial charge >= 0.3 is 11.9 Å². The quantitative estimate of drug-likeness (QED) is 0.117. The van der Waals surface area contributed by atoms with Crippen LogP contribution >= 0.6 is 0 Å². The van der Waals surface area contributed by atoms with E-state index in [1.165, 1.54) is 32.1 Å². The summed E-state index contributed by atoms with van der Waals surface area (Å²) in [6.07, 6.45) is 6.27. The van der Waals surface area contributed by atoms with Gasteiger partial charge < -0.3 is 39.4 Å². The zero-order valence-corrected chi connectivity index (χ0v) is 23.4. The lowest BCUT2D eigenvalue weighted by molar-refractivity contribution is -0.305. The molecule has 4 N–H and O–H groups in total. The molecule has 0 aromatic heterocycles. The Morgan fingerprint density at radius 3 is 1.82 bits per heavy atom. The van der Waals surface area contributed by atoms with Crippen LogP contribution in [0.2, 0.25) is 0 Å². The number of hydrogen-bond donors (Lipinski definition) is 4. The van der Waals surface area contributed by atoms with Gasteiger partial charge in [-0.25, -0.2) is 0 Å². The Morgan fingerprint density at radius 2 is 1.24 bits per heavy atom. The van der Waals surface area contributed by atoms with Gasteiger partial charge in [0.15, 0.2) is 12.4 Å². The molecule has 0 unspecified atom stereocenters. The fraction of sp³-hybridized carbons (Fsp3) is 0.929. The second kappa shape index (κ2) is 21.5. The molecular formula is C28H52O10. The van der Waals surface area contributed by atoms with Crippen molar-refractivity contribution in [3.05, 3.63) is 0 Å². The van der Waals surface area contributed by atoms with Gasteiger partial charge in [-0.05, 0) is 12.8 Å². The molecule has 1 heterocycles. The molecule has 0 aromatic rings. The van der Waals surface area contributed by atoms with Gasteiger partial charge in [-0.3, -0.25) is 9.59 Å². The molecule has 224 valence electrons. The first kappa shape index (κ1) is 34.7. The van der Waals surface area contributed by atoms with Crippen molar-refractivity contribution in [1.82, 2.24) is 0 Å². The predicted octanol–water partition coefficient (Wildman–Crippen LogP) is 3.15. The first-order chi connectivity index (χ1) is 18.3. The van der Waals surface area contributed by atoms with Crippen LogP contribution in [-0.2, 0) is 28.5 Å². The standard InChI is InChI=1S/C28H52O10/c1-3-5-7-9-10-11-12-13-15-17-24(31)37-21(19-35-23(30)16-14-8-6-4-2)20-36-28-27(34)26(33)25(32)22(18-29)38-28/h21-22,25-29,32-34H,3-20H2,1-2H3/t21-,22-,25+,26+,27-,28-/m1/s1. The van der Waals surface area contributed by atoms with Crippen LogP contribution in [0.3, 0.4) is 0 Å². The Bertz CT molecular complexity index is 614. The Balaban J connectivity index is 2.51. The molecule has 0 radical (unpaired) electrons. The molecular weight excluding hydrogens is 496 g/mol. The highest BCUT2D eigenvalue weighted by atomic mass is 16.7. The maximum absolute atomic E-state index is 12.5. The van der Waals surface area contributed by atoms with Gasteiger partial charge in [-0.15, -0.1) is 0 Å². The zero-order valence-electron chi connectivity index (χ0n) is 23.4. The second-order valence-electron chi connectivity index (χ2n) is 10.2. The first-order valence-corrected chi connectivity index (χ1v) is 14.6.